The Hall–Kier alpha value is -2.29. The van der Waals surface area contributed by atoms with Gasteiger partial charge in [0.25, 0.3) is 0 Å². The lowest BCUT2D eigenvalue weighted by Crippen LogP contribution is -2.12. The Morgan fingerprint density at radius 2 is 1.82 bits per heavy atom. The summed E-state index contributed by atoms with van der Waals surface area (Å²) in [5.74, 6) is 0.682. The van der Waals surface area contributed by atoms with Crippen LogP contribution in [0.4, 0.5) is 0 Å². The van der Waals surface area contributed by atoms with Crippen LogP contribution in [0.15, 0.2) is 41.3 Å². The maximum atomic E-state index is 12.0. The highest BCUT2D eigenvalue weighted by molar-refractivity contribution is 7.89. The first-order valence-electron chi connectivity index (χ1n) is 8.68. The number of benzene rings is 2. The molecule has 2 aromatic rings. The van der Waals surface area contributed by atoms with Crippen molar-refractivity contribution in [3.63, 3.8) is 0 Å². The van der Waals surface area contributed by atoms with E-state index in [2.05, 4.69) is 0 Å². The molecule has 2 N–H and O–H groups in total. The molecule has 1 aliphatic rings. The van der Waals surface area contributed by atoms with Gasteiger partial charge in [-0.2, -0.15) is 0 Å². The summed E-state index contributed by atoms with van der Waals surface area (Å²) < 4.78 is 39.0. The second kappa shape index (κ2) is 8.81. The topological polar surface area (TPSA) is 105 Å². The van der Waals surface area contributed by atoms with Gasteiger partial charge < -0.3 is 14.2 Å². The van der Waals surface area contributed by atoms with E-state index in [0.717, 1.165) is 12.0 Å². The van der Waals surface area contributed by atoms with Gasteiger partial charge in [-0.15, -0.1) is 0 Å². The fraction of sp³-hybridized carbons (Fsp3) is 0.316. The molecule has 0 fully saturated rings. The van der Waals surface area contributed by atoms with Crippen LogP contribution in [0.3, 0.4) is 0 Å². The van der Waals surface area contributed by atoms with E-state index in [0.29, 0.717) is 41.7 Å². The zero-order valence-corrected chi connectivity index (χ0v) is 16.6. The third kappa shape index (κ3) is 5.37. The highest BCUT2D eigenvalue weighted by Gasteiger charge is 2.16. The van der Waals surface area contributed by atoms with Crippen molar-refractivity contribution in [2.45, 2.75) is 30.8 Å². The Balaban J connectivity index is 1.53. The van der Waals surface area contributed by atoms with Crippen molar-refractivity contribution in [1.29, 1.82) is 0 Å². The molecule has 9 heteroatoms. The van der Waals surface area contributed by atoms with Crippen LogP contribution in [-0.2, 0) is 32.6 Å². The normalized spacial score (nSPS) is 13.6. The van der Waals surface area contributed by atoms with Gasteiger partial charge >= 0.3 is 5.97 Å². The van der Waals surface area contributed by atoms with E-state index >= 15 is 0 Å². The summed E-state index contributed by atoms with van der Waals surface area (Å²) in [7, 11) is -3.72. The molecule has 0 spiro atoms. The molecule has 0 aliphatic carbocycles. The van der Waals surface area contributed by atoms with Gasteiger partial charge in [0.1, 0.15) is 6.61 Å². The minimum Gasteiger partial charge on any atom is -0.489 e. The molecular weight excluding hydrogens is 406 g/mol. The molecule has 3 rings (SSSR count). The van der Waals surface area contributed by atoms with Gasteiger partial charge in [-0.1, -0.05) is 23.7 Å². The fourth-order valence-corrected chi connectivity index (χ4v) is 3.50. The standard InChI is InChI=1S/C19H20ClNO6S/c20-16-10-14(11-17-19(16)26-9-1-8-25-17)12-27-18(22)7-4-13-2-5-15(6-3-13)28(21,23)24/h2-3,5-6,10-11H,1,4,7-9,12H2,(H2,21,23,24). The summed E-state index contributed by atoms with van der Waals surface area (Å²) in [5, 5.41) is 5.47. The van der Waals surface area contributed by atoms with E-state index in [1.54, 1.807) is 24.3 Å². The molecule has 1 aliphatic heterocycles. The zero-order chi connectivity index (χ0) is 20.1. The number of carbonyl (C=O) groups excluding carboxylic acids is 1. The summed E-state index contributed by atoms with van der Waals surface area (Å²) in [4.78, 5) is 12.1. The van der Waals surface area contributed by atoms with Crippen LogP contribution >= 0.6 is 11.6 Å². The molecule has 28 heavy (non-hydrogen) atoms. The number of carbonyl (C=O) groups is 1. The number of aryl methyl sites for hydroxylation is 1. The third-order valence-corrected chi connectivity index (χ3v) is 5.34. The van der Waals surface area contributed by atoms with E-state index in [4.69, 9.17) is 31.0 Å². The number of nitrogens with two attached hydrogens (primary N) is 1. The van der Waals surface area contributed by atoms with Crippen LogP contribution in [-0.4, -0.2) is 27.6 Å². The van der Waals surface area contributed by atoms with Crippen LogP contribution < -0.4 is 14.6 Å². The van der Waals surface area contributed by atoms with Gasteiger partial charge in [-0.05, 0) is 41.8 Å². The van der Waals surface area contributed by atoms with E-state index in [-0.39, 0.29) is 23.9 Å². The van der Waals surface area contributed by atoms with Gasteiger partial charge in [0.2, 0.25) is 10.0 Å². The number of primary sulfonamides is 1. The Morgan fingerprint density at radius 1 is 1.11 bits per heavy atom. The highest BCUT2D eigenvalue weighted by Crippen LogP contribution is 2.38. The molecule has 0 atom stereocenters. The predicted molar refractivity (Wildman–Crippen MR) is 103 cm³/mol. The summed E-state index contributed by atoms with van der Waals surface area (Å²) in [6.45, 7) is 1.15. The minimum atomic E-state index is -3.72. The fourth-order valence-electron chi connectivity index (χ4n) is 2.70. The lowest BCUT2D eigenvalue weighted by Gasteiger charge is -2.12. The largest absolute Gasteiger partial charge is 0.489 e. The lowest BCUT2D eigenvalue weighted by molar-refractivity contribution is -0.144. The monoisotopic (exact) mass is 425 g/mol. The van der Waals surface area contributed by atoms with Crippen LogP contribution in [0.2, 0.25) is 5.02 Å². The van der Waals surface area contributed by atoms with E-state index in [1.807, 2.05) is 0 Å². The molecular formula is C19H20ClNO6S. The van der Waals surface area contributed by atoms with Gasteiger partial charge in [-0.25, -0.2) is 13.6 Å². The molecule has 0 radical (unpaired) electrons. The molecule has 1 heterocycles. The third-order valence-electron chi connectivity index (χ3n) is 4.13. The number of hydrogen-bond donors (Lipinski definition) is 1. The Labute approximate surface area is 168 Å². The summed E-state index contributed by atoms with van der Waals surface area (Å²) in [6.07, 6.45) is 1.35. The first kappa shape index (κ1) is 20.4. The van der Waals surface area contributed by atoms with Crippen LogP contribution in [0.1, 0.15) is 24.0 Å². The van der Waals surface area contributed by atoms with Crippen molar-refractivity contribution in [3.05, 3.63) is 52.5 Å². The van der Waals surface area contributed by atoms with E-state index < -0.39 is 10.0 Å². The molecule has 0 saturated heterocycles. The zero-order valence-electron chi connectivity index (χ0n) is 15.0. The Kier molecular flexibility index (Phi) is 6.43. The molecule has 0 aromatic heterocycles. The SMILES string of the molecule is NS(=O)(=O)c1ccc(CCC(=O)OCc2cc(Cl)c3c(c2)OCCCO3)cc1. The average molecular weight is 426 g/mol. The van der Waals surface area contributed by atoms with Gasteiger partial charge in [0.05, 0.1) is 23.1 Å². The lowest BCUT2D eigenvalue weighted by atomic mass is 10.1. The molecule has 0 bridgehead atoms. The second-order valence-electron chi connectivity index (χ2n) is 6.31. The number of fused-ring (bicyclic) bond motifs is 1. The van der Waals surface area contributed by atoms with Crippen LogP contribution in [0, 0.1) is 0 Å². The number of rotatable bonds is 6. The number of hydrogen-bond acceptors (Lipinski definition) is 6. The van der Waals surface area contributed by atoms with Crippen LogP contribution in [0.5, 0.6) is 11.5 Å². The Morgan fingerprint density at radius 3 is 2.54 bits per heavy atom. The van der Waals surface area contributed by atoms with Gasteiger partial charge in [0.15, 0.2) is 11.5 Å². The van der Waals surface area contributed by atoms with Crippen molar-refractivity contribution in [3.8, 4) is 11.5 Å². The molecule has 150 valence electrons. The summed E-state index contributed by atoms with van der Waals surface area (Å²) in [6, 6.07) is 9.51. The average Bonchev–Trinajstić information content (AvgIpc) is 2.90. The maximum Gasteiger partial charge on any atom is 0.306 e. The number of halogens is 1. The van der Waals surface area contributed by atoms with Crippen LogP contribution in [0.25, 0.3) is 0 Å². The van der Waals surface area contributed by atoms with Gasteiger partial charge in [0, 0.05) is 12.8 Å². The molecule has 0 saturated carbocycles. The van der Waals surface area contributed by atoms with E-state index in [1.165, 1.54) is 12.1 Å². The maximum absolute atomic E-state index is 12.0. The summed E-state index contributed by atoms with van der Waals surface area (Å²) in [5.41, 5.74) is 1.52. The molecule has 7 nitrogen and oxygen atoms in total. The first-order chi connectivity index (χ1) is 13.3. The summed E-state index contributed by atoms with van der Waals surface area (Å²) >= 11 is 6.22. The molecule has 0 unspecified atom stereocenters. The Bertz CT molecular complexity index is 959. The predicted octanol–water partition coefficient (Wildman–Crippen LogP) is 2.82. The van der Waals surface area contributed by atoms with Crippen molar-refractivity contribution < 1.29 is 27.4 Å². The number of esters is 1. The number of ether oxygens (including phenoxy) is 3. The van der Waals surface area contributed by atoms with Crippen molar-refractivity contribution in [2.75, 3.05) is 13.2 Å². The second-order valence-corrected chi connectivity index (χ2v) is 8.27. The molecule has 2 aromatic carbocycles. The quantitative estimate of drug-likeness (QED) is 0.713. The van der Waals surface area contributed by atoms with Gasteiger partial charge in [-0.3, -0.25) is 4.79 Å². The van der Waals surface area contributed by atoms with Crippen molar-refractivity contribution in [1.82, 2.24) is 0 Å². The minimum absolute atomic E-state index is 0.0325. The van der Waals surface area contributed by atoms with E-state index in [9.17, 15) is 13.2 Å². The van der Waals surface area contributed by atoms with Crippen molar-refractivity contribution in [2.24, 2.45) is 5.14 Å². The molecule has 0 amide bonds. The smallest absolute Gasteiger partial charge is 0.306 e. The highest BCUT2D eigenvalue weighted by atomic mass is 35.5. The van der Waals surface area contributed by atoms with Crippen molar-refractivity contribution >= 4 is 27.6 Å². The number of sulfonamides is 1. The first-order valence-corrected chi connectivity index (χ1v) is 10.6.